The highest BCUT2D eigenvalue weighted by Crippen LogP contribution is 2.29. The lowest BCUT2D eigenvalue weighted by Gasteiger charge is -2.30. The van der Waals surface area contributed by atoms with Gasteiger partial charge in [-0.2, -0.15) is 5.26 Å². The number of rotatable bonds is 5. The van der Waals surface area contributed by atoms with E-state index in [-0.39, 0.29) is 5.91 Å². The molecule has 0 saturated carbocycles. The van der Waals surface area contributed by atoms with E-state index in [1.54, 1.807) is 37.3 Å². The Kier molecular flexibility index (Phi) is 5.92. The number of ether oxygens (including phenoxy) is 1. The topological polar surface area (TPSA) is 65.4 Å². The number of nitrogens with one attached hydrogen (secondary N) is 1. The van der Waals surface area contributed by atoms with Gasteiger partial charge in [0.15, 0.2) is 6.10 Å². The molecule has 2 aromatic carbocycles. The van der Waals surface area contributed by atoms with E-state index in [4.69, 9.17) is 10.00 Å². The van der Waals surface area contributed by atoms with Crippen LogP contribution in [0.5, 0.6) is 5.75 Å². The maximum Gasteiger partial charge on any atom is 0.265 e. The van der Waals surface area contributed by atoms with Gasteiger partial charge in [-0.25, -0.2) is 4.39 Å². The lowest BCUT2D eigenvalue weighted by atomic mass is 10.1. The van der Waals surface area contributed by atoms with Gasteiger partial charge in [0.25, 0.3) is 5.91 Å². The second-order valence-corrected chi connectivity index (χ2v) is 6.59. The van der Waals surface area contributed by atoms with E-state index in [0.717, 1.165) is 31.6 Å². The van der Waals surface area contributed by atoms with Crippen molar-refractivity contribution >= 4 is 17.3 Å². The Bertz CT molecular complexity index is 839. The van der Waals surface area contributed by atoms with Gasteiger partial charge in [0.2, 0.25) is 0 Å². The number of anilines is 2. The monoisotopic (exact) mass is 367 g/mol. The van der Waals surface area contributed by atoms with E-state index in [1.165, 1.54) is 18.6 Å². The number of piperidine rings is 1. The summed E-state index contributed by atoms with van der Waals surface area (Å²) >= 11 is 0. The normalized spacial score (nSPS) is 14.9. The highest BCUT2D eigenvalue weighted by atomic mass is 19.1. The van der Waals surface area contributed by atoms with Crippen molar-refractivity contribution in [3.63, 3.8) is 0 Å². The molecule has 27 heavy (non-hydrogen) atoms. The molecular weight excluding hydrogens is 345 g/mol. The van der Waals surface area contributed by atoms with Crippen LogP contribution in [0.2, 0.25) is 0 Å². The predicted octanol–water partition coefficient (Wildman–Crippen LogP) is 4.09. The van der Waals surface area contributed by atoms with Crippen LogP contribution in [0.15, 0.2) is 42.5 Å². The van der Waals surface area contributed by atoms with Crippen molar-refractivity contribution in [1.29, 1.82) is 5.26 Å². The molecule has 1 fully saturated rings. The van der Waals surface area contributed by atoms with Crippen molar-refractivity contribution in [3.05, 3.63) is 53.8 Å². The number of hydrogen-bond donors (Lipinski definition) is 1. The Balaban J connectivity index is 1.70. The molecule has 0 aliphatic carbocycles. The molecule has 2 aromatic rings. The van der Waals surface area contributed by atoms with Gasteiger partial charge in [-0.3, -0.25) is 4.79 Å². The quantitative estimate of drug-likeness (QED) is 0.864. The molecule has 1 aliphatic rings. The van der Waals surface area contributed by atoms with Crippen molar-refractivity contribution in [2.45, 2.75) is 32.3 Å². The third kappa shape index (κ3) is 4.76. The van der Waals surface area contributed by atoms with E-state index in [2.05, 4.69) is 10.2 Å². The van der Waals surface area contributed by atoms with Crippen molar-refractivity contribution in [3.8, 4) is 11.8 Å². The SMILES string of the molecule is CC(Oc1ccc(C#N)cc1)C(=O)Nc1cc(F)ccc1N1CCCCC1. The average molecular weight is 367 g/mol. The highest BCUT2D eigenvalue weighted by Gasteiger charge is 2.20. The third-order valence-corrected chi connectivity index (χ3v) is 4.58. The van der Waals surface area contributed by atoms with Gasteiger partial charge >= 0.3 is 0 Å². The number of amides is 1. The van der Waals surface area contributed by atoms with Crippen molar-refractivity contribution < 1.29 is 13.9 Å². The number of halogens is 1. The molecule has 1 amide bonds. The second-order valence-electron chi connectivity index (χ2n) is 6.59. The molecule has 0 spiro atoms. The van der Waals surface area contributed by atoms with Crippen LogP contribution in [0.4, 0.5) is 15.8 Å². The number of benzene rings is 2. The Morgan fingerprint density at radius 1 is 1.19 bits per heavy atom. The predicted molar refractivity (Wildman–Crippen MR) is 102 cm³/mol. The number of hydrogen-bond acceptors (Lipinski definition) is 4. The molecule has 5 nitrogen and oxygen atoms in total. The summed E-state index contributed by atoms with van der Waals surface area (Å²) in [6.45, 7) is 3.42. The molecule has 1 atom stereocenters. The van der Waals surface area contributed by atoms with Gasteiger partial charge in [0.05, 0.1) is 23.0 Å². The first-order chi connectivity index (χ1) is 13.1. The molecule has 0 radical (unpaired) electrons. The van der Waals surface area contributed by atoms with Crippen LogP contribution in [-0.4, -0.2) is 25.1 Å². The molecule has 1 unspecified atom stereocenters. The molecule has 1 N–H and O–H groups in total. The van der Waals surface area contributed by atoms with Crippen LogP contribution in [-0.2, 0) is 4.79 Å². The molecule has 1 aliphatic heterocycles. The lowest BCUT2D eigenvalue weighted by Crippen LogP contribution is -2.33. The Labute approximate surface area is 158 Å². The molecule has 140 valence electrons. The first-order valence-electron chi connectivity index (χ1n) is 9.09. The minimum absolute atomic E-state index is 0.358. The summed E-state index contributed by atoms with van der Waals surface area (Å²) in [4.78, 5) is 14.7. The van der Waals surface area contributed by atoms with Crippen molar-refractivity contribution in [1.82, 2.24) is 0 Å². The zero-order valence-corrected chi connectivity index (χ0v) is 15.2. The van der Waals surface area contributed by atoms with Crippen LogP contribution in [0.3, 0.4) is 0 Å². The van der Waals surface area contributed by atoms with Gasteiger partial charge in [-0.05, 0) is 68.7 Å². The van der Waals surface area contributed by atoms with E-state index < -0.39 is 11.9 Å². The van der Waals surface area contributed by atoms with E-state index in [1.807, 2.05) is 6.07 Å². The molecule has 1 heterocycles. The first kappa shape index (κ1) is 18.7. The maximum atomic E-state index is 13.8. The molecule has 0 bridgehead atoms. The van der Waals surface area contributed by atoms with Crippen LogP contribution >= 0.6 is 0 Å². The minimum Gasteiger partial charge on any atom is -0.481 e. The Hall–Kier alpha value is -3.07. The standard InChI is InChI=1S/C21H22FN3O2/c1-15(27-18-8-5-16(14-23)6-9-18)21(26)24-19-13-17(22)7-10-20(19)25-11-3-2-4-12-25/h5-10,13,15H,2-4,11-12H2,1H3,(H,24,26). The van der Waals surface area contributed by atoms with Crippen LogP contribution in [0.25, 0.3) is 0 Å². The summed E-state index contributed by atoms with van der Waals surface area (Å²) in [5, 5.41) is 11.6. The summed E-state index contributed by atoms with van der Waals surface area (Å²) in [5.41, 5.74) is 1.80. The maximum absolute atomic E-state index is 13.8. The van der Waals surface area contributed by atoms with Gasteiger partial charge in [0, 0.05) is 13.1 Å². The lowest BCUT2D eigenvalue weighted by molar-refractivity contribution is -0.122. The third-order valence-electron chi connectivity index (χ3n) is 4.58. The molecule has 6 heteroatoms. The highest BCUT2D eigenvalue weighted by molar-refractivity contribution is 5.97. The van der Waals surface area contributed by atoms with Crippen LogP contribution in [0.1, 0.15) is 31.7 Å². The van der Waals surface area contributed by atoms with Gasteiger partial charge < -0.3 is 15.0 Å². The minimum atomic E-state index is -0.768. The van der Waals surface area contributed by atoms with Gasteiger partial charge in [0.1, 0.15) is 11.6 Å². The van der Waals surface area contributed by atoms with Gasteiger partial charge in [-0.1, -0.05) is 0 Å². The van der Waals surface area contributed by atoms with Crippen molar-refractivity contribution in [2.75, 3.05) is 23.3 Å². The fraction of sp³-hybridized carbons (Fsp3) is 0.333. The number of carbonyl (C=O) groups is 1. The summed E-state index contributed by atoms with van der Waals surface area (Å²) in [6, 6.07) is 13.0. The fourth-order valence-corrected chi connectivity index (χ4v) is 3.12. The smallest absolute Gasteiger partial charge is 0.265 e. The molecule has 1 saturated heterocycles. The number of nitrogens with zero attached hydrogens (tertiary/aromatic N) is 2. The fourth-order valence-electron chi connectivity index (χ4n) is 3.12. The molecule has 0 aromatic heterocycles. The summed E-state index contributed by atoms with van der Waals surface area (Å²) in [6.07, 6.45) is 2.59. The summed E-state index contributed by atoms with van der Waals surface area (Å²) in [5.74, 6) is -0.262. The zero-order valence-electron chi connectivity index (χ0n) is 15.2. The molecule has 3 rings (SSSR count). The van der Waals surface area contributed by atoms with Crippen molar-refractivity contribution in [2.24, 2.45) is 0 Å². The Morgan fingerprint density at radius 2 is 1.89 bits per heavy atom. The average Bonchev–Trinajstić information content (AvgIpc) is 2.69. The number of nitriles is 1. The number of carbonyl (C=O) groups excluding carboxylic acids is 1. The van der Waals surface area contributed by atoms with Crippen LogP contribution < -0.4 is 15.0 Å². The summed E-state index contributed by atoms with van der Waals surface area (Å²) in [7, 11) is 0. The summed E-state index contributed by atoms with van der Waals surface area (Å²) < 4.78 is 19.4. The van der Waals surface area contributed by atoms with Gasteiger partial charge in [-0.15, -0.1) is 0 Å². The Morgan fingerprint density at radius 3 is 2.56 bits per heavy atom. The van der Waals surface area contributed by atoms with Crippen LogP contribution in [0, 0.1) is 17.1 Å². The van der Waals surface area contributed by atoms with E-state index >= 15 is 0 Å². The second kappa shape index (κ2) is 8.54. The van der Waals surface area contributed by atoms with E-state index in [9.17, 15) is 9.18 Å². The van der Waals surface area contributed by atoms with E-state index in [0.29, 0.717) is 17.0 Å². The zero-order chi connectivity index (χ0) is 19.2. The first-order valence-corrected chi connectivity index (χ1v) is 9.09. The molecular formula is C21H22FN3O2. The largest absolute Gasteiger partial charge is 0.481 e.